The fraction of sp³-hybridized carbons (Fsp3) is 0.765. The van der Waals surface area contributed by atoms with E-state index in [-0.39, 0.29) is 0 Å². The zero-order valence-corrected chi connectivity index (χ0v) is 13.3. The van der Waals surface area contributed by atoms with Gasteiger partial charge in [-0.25, -0.2) is 9.97 Å². The molecule has 1 aromatic heterocycles. The van der Waals surface area contributed by atoms with Gasteiger partial charge >= 0.3 is 0 Å². The number of hydrogen-bond acceptors (Lipinski definition) is 5. The van der Waals surface area contributed by atoms with Crippen LogP contribution in [0.4, 0.5) is 5.95 Å². The van der Waals surface area contributed by atoms with Gasteiger partial charge in [0.1, 0.15) is 0 Å². The maximum Gasteiger partial charge on any atom is 0.225 e. The van der Waals surface area contributed by atoms with Crippen molar-refractivity contribution in [2.45, 2.75) is 25.7 Å². The molecule has 3 fully saturated rings. The smallest absolute Gasteiger partial charge is 0.225 e. The standard InChI is InChI=1S/C17H26N4O/c1-6-18-16(19-7-1)21-10-5-17(14-21)3-8-20(9-4-17)12-15-2-11-22-13-15/h1,6-7,15H,2-5,8-14H2. The number of nitrogens with zero attached hydrogens (tertiary/aromatic N) is 4. The van der Waals surface area contributed by atoms with Gasteiger partial charge in [0.15, 0.2) is 0 Å². The lowest BCUT2D eigenvalue weighted by atomic mass is 9.77. The Hall–Kier alpha value is -1.20. The first kappa shape index (κ1) is 14.4. The molecule has 120 valence electrons. The van der Waals surface area contributed by atoms with E-state index in [0.29, 0.717) is 5.41 Å². The predicted molar refractivity (Wildman–Crippen MR) is 85.9 cm³/mol. The minimum Gasteiger partial charge on any atom is -0.381 e. The molecule has 1 unspecified atom stereocenters. The minimum atomic E-state index is 0.502. The summed E-state index contributed by atoms with van der Waals surface area (Å²) in [7, 11) is 0. The molecule has 1 spiro atoms. The maximum absolute atomic E-state index is 5.51. The van der Waals surface area contributed by atoms with Crippen molar-refractivity contribution in [3.8, 4) is 0 Å². The van der Waals surface area contributed by atoms with Gasteiger partial charge in [-0.3, -0.25) is 0 Å². The van der Waals surface area contributed by atoms with Crippen molar-refractivity contribution in [2.75, 3.05) is 50.8 Å². The summed E-state index contributed by atoms with van der Waals surface area (Å²) >= 11 is 0. The largest absolute Gasteiger partial charge is 0.381 e. The first-order chi connectivity index (χ1) is 10.8. The van der Waals surface area contributed by atoms with Gasteiger partial charge in [0.25, 0.3) is 0 Å². The molecule has 22 heavy (non-hydrogen) atoms. The van der Waals surface area contributed by atoms with Crippen LogP contribution in [0.25, 0.3) is 0 Å². The van der Waals surface area contributed by atoms with Gasteiger partial charge < -0.3 is 14.5 Å². The molecule has 4 rings (SSSR count). The summed E-state index contributed by atoms with van der Waals surface area (Å²) in [5.41, 5.74) is 0.502. The van der Waals surface area contributed by atoms with Gasteiger partial charge in [-0.15, -0.1) is 0 Å². The van der Waals surface area contributed by atoms with Gasteiger partial charge in [0.05, 0.1) is 6.61 Å². The van der Waals surface area contributed by atoms with E-state index >= 15 is 0 Å². The van der Waals surface area contributed by atoms with Crippen molar-refractivity contribution in [3.63, 3.8) is 0 Å². The fourth-order valence-electron chi connectivity index (χ4n) is 4.27. The summed E-state index contributed by atoms with van der Waals surface area (Å²) in [5, 5.41) is 0. The molecule has 3 aliphatic heterocycles. The van der Waals surface area contributed by atoms with Crippen LogP contribution in [0.2, 0.25) is 0 Å². The van der Waals surface area contributed by atoms with Crippen LogP contribution in [0.3, 0.4) is 0 Å². The lowest BCUT2D eigenvalue weighted by Crippen LogP contribution is -2.43. The van der Waals surface area contributed by atoms with Crippen LogP contribution in [0, 0.1) is 11.3 Å². The molecule has 0 aliphatic carbocycles. The summed E-state index contributed by atoms with van der Waals surface area (Å²) in [6, 6.07) is 1.89. The normalized spacial score (nSPS) is 28.5. The Bertz CT molecular complexity index is 481. The molecule has 0 radical (unpaired) electrons. The third kappa shape index (κ3) is 2.97. The van der Waals surface area contributed by atoms with E-state index in [1.54, 1.807) is 0 Å². The average molecular weight is 302 g/mol. The number of aromatic nitrogens is 2. The Morgan fingerprint density at radius 3 is 2.64 bits per heavy atom. The highest BCUT2D eigenvalue weighted by atomic mass is 16.5. The molecule has 3 saturated heterocycles. The average Bonchev–Trinajstić information content (AvgIpc) is 3.21. The summed E-state index contributed by atoms with van der Waals surface area (Å²) in [5.74, 6) is 1.68. The molecule has 5 nitrogen and oxygen atoms in total. The van der Waals surface area contributed by atoms with E-state index in [1.807, 2.05) is 18.5 Å². The minimum absolute atomic E-state index is 0.502. The van der Waals surface area contributed by atoms with Crippen LogP contribution < -0.4 is 4.90 Å². The van der Waals surface area contributed by atoms with E-state index < -0.39 is 0 Å². The van der Waals surface area contributed by atoms with Crippen LogP contribution in [-0.4, -0.2) is 60.8 Å². The molecule has 0 aromatic carbocycles. The van der Waals surface area contributed by atoms with Crippen molar-refractivity contribution in [3.05, 3.63) is 18.5 Å². The number of likely N-dealkylation sites (tertiary alicyclic amines) is 1. The highest BCUT2D eigenvalue weighted by molar-refractivity contribution is 5.31. The predicted octanol–water partition coefficient (Wildman–Crippen LogP) is 1.81. The first-order valence-corrected chi connectivity index (χ1v) is 8.65. The quantitative estimate of drug-likeness (QED) is 0.852. The number of piperidine rings is 1. The van der Waals surface area contributed by atoms with Gasteiger partial charge in [-0.2, -0.15) is 0 Å². The first-order valence-electron chi connectivity index (χ1n) is 8.65. The molecule has 3 aliphatic rings. The van der Waals surface area contributed by atoms with E-state index in [2.05, 4.69) is 19.8 Å². The molecule has 0 saturated carbocycles. The van der Waals surface area contributed by atoms with E-state index in [9.17, 15) is 0 Å². The Morgan fingerprint density at radius 2 is 1.91 bits per heavy atom. The zero-order chi connectivity index (χ0) is 14.8. The molecular formula is C17H26N4O. The molecule has 5 heteroatoms. The van der Waals surface area contributed by atoms with Crippen LogP contribution in [0.5, 0.6) is 0 Å². The van der Waals surface area contributed by atoms with Crippen molar-refractivity contribution in [2.24, 2.45) is 11.3 Å². The van der Waals surface area contributed by atoms with E-state index in [1.165, 1.54) is 45.3 Å². The van der Waals surface area contributed by atoms with Crippen LogP contribution in [0.1, 0.15) is 25.7 Å². The van der Waals surface area contributed by atoms with Crippen molar-refractivity contribution >= 4 is 5.95 Å². The second-order valence-electron chi connectivity index (χ2n) is 7.25. The number of anilines is 1. The fourth-order valence-corrected chi connectivity index (χ4v) is 4.27. The maximum atomic E-state index is 5.51. The molecule has 4 heterocycles. The molecular weight excluding hydrogens is 276 g/mol. The third-order valence-corrected chi connectivity index (χ3v) is 5.73. The lowest BCUT2D eigenvalue weighted by molar-refractivity contribution is 0.100. The highest BCUT2D eigenvalue weighted by Gasteiger charge is 2.41. The monoisotopic (exact) mass is 302 g/mol. The van der Waals surface area contributed by atoms with Gasteiger partial charge in [0.2, 0.25) is 5.95 Å². The second kappa shape index (κ2) is 6.13. The van der Waals surface area contributed by atoms with Gasteiger partial charge in [-0.05, 0) is 56.2 Å². The number of rotatable bonds is 3. The summed E-state index contributed by atoms with van der Waals surface area (Å²) in [4.78, 5) is 13.9. The summed E-state index contributed by atoms with van der Waals surface area (Å²) in [6.45, 7) is 7.93. The number of hydrogen-bond donors (Lipinski definition) is 0. The van der Waals surface area contributed by atoms with Crippen LogP contribution in [0.15, 0.2) is 18.5 Å². The van der Waals surface area contributed by atoms with Crippen LogP contribution in [-0.2, 0) is 4.74 Å². The molecule has 0 N–H and O–H groups in total. The molecule has 1 aromatic rings. The SMILES string of the molecule is c1cnc(N2CCC3(CCN(CC4CCOC4)CC3)C2)nc1. The Labute approximate surface area is 132 Å². The molecule has 0 amide bonds. The van der Waals surface area contributed by atoms with E-state index in [4.69, 9.17) is 4.74 Å². The zero-order valence-electron chi connectivity index (χ0n) is 13.3. The second-order valence-corrected chi connectivity index (χ2v) is 7.25. The lowest BCUT2D eigenvalue weighted by Gasteiger charge is -2.40. The molecule has 1 atom stereocenters. The van der Waals surface area contributed by atoms with Gasteiger partial charge in [0, 0.05) is 38.6 Å². The third-order valence-electron chi connectivity index (χ3n) is 5.73. The topological polar surface area (TPSA) is 41.5 Å². The van der Waals surface area contributed by atoms with Crippen molar-refractivity contribution in [1.82, 2.24) is 14.9 Å². The Kier molecular flexibility index (Phi) is 4.01. The van der Waals surface area contributed by atoms with Crippen LogP contribution >= 0.6 is 0 Å². The number of ether oxygens (including phenoxy) is 1. The van der Waals surface area contributed by atoms with Gasteiger partial charge in [-0.1, -0.05) is 0 Å². The highest BCUT2D eigenvalue weighted by Crippen LogP contribution is 2.41. The molecule has 0 bridgehead atoms. The summed E-state index contributed by atoms with van der Waals surface area (Å²) < 4.78 is 5.51. The van der Waals surface area contributed by atoms with Crippen molar-refractivity contribution in [1.29, 1.82) is 0 Å². The van der Waals surface area contributed by atoms with E-state index in [0.717, 1.165) is 38.2 Å². The van der Waals surface area contributed by atoms with Crippen molar-refractivity contribution < 1.29 is 4.74 Å². The Balaban J connectivity index is 1.31. The Morgan fingerprint density at radius 1 is 1.14 bits per heavy atom. The summed E-state index contributed by atoms with van der Waals surface area (Å²) in [6.07, 6.45) is 8.89.